The maximum Gasteiger partial charge on any atom is 0.251 e. The maximum atomic E-state index is 13.1. The second-order valence-corrected chi connectivity index (χ2v) is 4.07. The van der Waals surface area contributed by atoms with Gasteiger partial charge in [-0.25, -0.2) is 4.39 Å². The van der Waals surface area contributed by atoms with E-state index in [1.807, 2.05) is 0 Å². The average Bonchev–Trinajstić information content (AvgIpc) is 2.32. The van der Waals surface area contributed by atoms with Crippen LogP contribution in [0.4, 0.5) is 10.1 Å². The minimum atomic E-state index is -1.14. The van der Waals surface area contributed by atoms with E-state index in [9.17, 15) is 9.18 Å². The number of aliphatic hydroxyl groups is 2. The zero-order chi connectivity index (χ0) is 13.1. The summed E-state index contributed by atoms with van der Waals surface area (Å²) in [5.74, 6) is -1.28. The number of anilines is 1. The van der Waals surface area contributed by atoms with Crippen molar-refractivity contribution in [3.8, 4) is 0 Å². The van der Waals surface area contributed by atoms with Gasteiger partial charge in [0.1, 0.15) is 5.82 Å². The van der Waals surface area contributed by atoms with Crippen molar-refractivity contribution >= 4 is 11.6 Å². The Hall–Kier alpha value is -1.66. The first-order valence-electron chi connectivity index (χ1n) is 5.01. The molecule has 0 heterocycles. The van der Waals surface area contributed by atoms with E-state index in [-0.39, 0.29) is 11.3 Å². The molecule has 0 bridgehead atoms. The van der Waals surface area contributed by atoms with Gasteiger partial charge in [-0.3, -0.25) is 4.79 Å². The Balaban J connectivity index is 2.86. The van der Waals surface area contributed by atoms with Crippen molar-refractivity contribution in [2.75, 3.05) is 18.9 Å². The van der Waals surface area contributed by atoms with Gasteiger partial charge in [0, 0.05) is 5.56 Å². The molecule has 5 N–H and O–H groups in total. The molecule has 0 spiro atoms. The molecule has 0 atom stereocenters. The molecule has 1 aromatic rings. The molecule has 94 valence electrons. The zero-order valence-corrected chi connectivity index (χ0v) is 9.40. The van der Waals surface area contributed by atoms with Crippen molar-refractivity contribution in [3.05, 3.63) is 29.6 Å². The SMILES string of the molecule is CC(CO)(CO)NC(=O)c1ccc(N)c(F)c1. The van der Waals surface area contributed by atoms with E-state index in [2.05, 4.69) is 5.32 Å². The minimum Gasteiger partial charge on any atom is -0.396 e. The summed E-state index contributed by atoms with van der Waals surface area (Å²) in [6.07, 6.45) is 0. The number of carbonyl (C=O) groups is 1. The smallest absolute Gasteiger partial charge is 0.251 e. The van der Waals surface area contributed by atoms with Gasteiger partial charge in [0.15, 0.2) is 0 Å². The van der Waals surface area contributed by atoms with Gasteiger partial charge in [0.05, 0.1) is 24.4 Å². The monoisotopic (exact) mass is 242 g/mol. The third-order valence-electron chi connectivity index (χ3n) is 2.38. The molecule has 0 aliphatic carbocycles. The molecular weight excluding hydrogens is 227 g/mol. The van der Waals surface area contributed by atoms with E-state index < -0.39 is 30.5 Å². The van der Waals surface area contributed by atoms with E-state index in [1.54, 1.807) is 0 Å². The number of halogens is 1. The Morgan fingerprint density at radius 3 is 2.53 bits per heavy atom. The minimum absolute atomic E-state index is 0.0476. The number of carbonyl (C=O) groups excluding carboxylic acids is 1. The number of hydrogen-bond donors (Lipinski definition) is 4. The summed E-state index contributed by atoms with van der Waals surface area (Å²) < 4.78 is 13.1. The van der Waals surface area contributed by atoms with Gasteiger partial charge in [-0.05, 0) is 25.1 Å². The summed E-state index contributed by atoms with van der Waals surface area (Å²) >= 11 is 0. The molecule has 1 rings (SSSR count). The summed E-state index contributed by atoms with van der Waals surface area (Å²) in [7, 11) is 0. The molecule has 6 heteroatoms. The van der Waals surface area contributed by atoms with Crippen molar-refractivity contribution in [2.24, 2.45) is 0 Å². The van der Waals surface area contributed by atoms with E-state index in [1.165, 1.54) is 19.1 Å². The lowest BCUT2D eigenvalue weighted by molar-refractivity contribution is 0.0723. The molecule has 1 amide bonds. The number of aliphatic hydroxyl groups excluding tert-OH is 2. The number of amides is 1. The second-order valence-electron chi connectivity index (χ2n) is 4.07. The van der Waals surface area contributed by atoms with Crippen LogP contribution in [0.3, 0.4) is 0 Å². The predicted molar refractivity (Wildman–Crippen MR) is 60.9 cm³/mol. The molecule has 0 aliphatic heterocycles. The molecule has 0 aromatic heterocycles. The lowest BCUT2D eigenvalue weighted by Crippen LogP contribution is -2.51. The van der Waals surface area contributed by atoms with Crippen LogP contribution in [0.1, 0.15) is 17.3 Å². The number of nitrogens with one attached hydrogen (secondary N) is 1. The van der Waals surface area contributed by atoms with Gasteiger partial charge in [0.25, 0.3) is 5.91 Å². The number of nitrogen functional groups attached to an aromatic ring is 1. The van der Waals surface area contributed by atoms with Crippen LogP contribution < -0.4 is 11.1 Å². The van der Waals surface area contributed by atoms with Crippen molar-refractivity contribution in [1.29, 1.82) is 0 Å². The van der Waals surface area contributed by atoms with E-state index >= 15 is 0 Å². The van der Waals surface area contributed by atoms with Crippen molar-refractivity contribution < 1.29 is 19.4 Å². The zero-order valence-electron chi connectivity index (χ0n) is 9.40. The van der Waals surface area contributed by atoms with Crippen LogP contribution in [0.2, 0.25) is 0 Å². The van der Waals surface area contributed by atoms with Crippen LogP contribution >= 0.6 is 0 Å². The summed E-state index contributed by atoms with van der Waals surface area (Å²) in [5.41, 5.74) is 4.16. The highest BCUT2D eigenvalue weighted by atomic mass is 19.1. The van der Waals surface area contributed by atoms with Gasteiger partial charge in [-0.15, -0.1) is 0 Å². The summed E-state index contributed by atoms with van der Waals surface area (Å²) in [4.78, 5) is 11.7. The van der Waals surface area contributed by atoms with Gasteiger partial charge in [-0.2, -0.15) is 0 Å². The van der Waals surface area contributed by atoms with Gasteiger partial charge < -0.3 is 21.3 Å². The Bertz CT molecular complexity index is 419. The lowest BCUT2D eigenvalue weighted by Gasteiger charge is -2.26. The van der Waals surface area contributed by atoms with Gasteiger partial charge in [-0.1, -0.05) is 0 Å². The van der Waals surface area contributed by atoms with Crippen LogP contribution in [-0.2, 0) is 0 Å². The summed E-state index contributed by atoms with van der Waals surface area (Å²) in [6, 6.07) is 3.64. The van der Waals surface area contributed by atoms with Crippen molar-refractivity contribution in [1.82, 2.24) is 5.32 Å². The van der Waals surface area contributed by atoms with Crippen molar-refractivity contribution in [3.63, 3.8) is 0 Å². The number of rotatable bonds is 4. The summed E-state index contributed by atoms with van der Waals surface area (Å²) in [6.45, 7) is 0.623. The Kier molecular flexibility index (Phi) is 4.03. The Morgan fingerprint density at radius 2 is 2.06 bits per heavy atom. The third kappa shape index (κ3) is 3.15. The van der Waals surface area contributed by atoms with Crippen LogP contribution in [0.5, 0.6) is 0 Å². The molecule has 0 saturated heterocycles. The van der Waals surface area contributed by atoms with E-state index in [0.717, 1.165) is 6.07 Å². The topological polar surface area (TPSA) is 95.6 Å². The van der Waals surface area contributed by atoms with E-state index in [0.29, 0.717) is 0 Å². The average molecular weight is 242 g/mol. The Morgan fingerprint density at radius 1 is 1.47 bits per heavy atom. The first kappa shape index (κ1) is 13.4. The third-order valence-corrected chi connectivity index (χ3v) is 2.38. The van der Waals surface area contributed by atoms with Crippen LogP contribution in [0.15, 0.2) is 18.2 Å². The standard InChI is InChI=1S/C11H15FN2O3/c1-11(5-15,6-16)14-10(17)7-2-3-9(13)8(12)4-7/h2-4,15-16H,5-6,13H2,1H3,(H,14,17). The molecule has 1 aromatic carbocycles. The predicted octanol–water partition coefficient (Wildman–Crippen LogP) is -0.119. The summed E-state index contributed by atoms with van der Waals surface area (Å²) in [5, 5.41) is 20.4. The van der Waals surface area contributed by atoms with Crippen LogP contribution in [0, 0.1) is 5.82 Å². The first-order valence-corrected chi connectivity index (χ1v) is 5.01. The number of hydrogen-bond acceptors (Lipinski definition) is 4. The first-order chi connectivity index (χ1) is 7.91. The highest BCUT2D eigenvalue weighted by Gasteiger charge is 2.25. The Labute approximate surface area is 98.1 Å². The number of benzene rings is 1. The van der Waals surface area contributed by atoms with Crippen LogP contribution in [0.25, 0.3) is 0 Å². The molecule has 0 unspecified atom stereocenters. The van der Waals surface area contributed by atoms with Gasteiger partial charge in [0.2, 0.25) is 0 Å². The molecule has 0 radical (unpaired) electrons. The van der Waals surface area contributed by atoms with E-state index in [4.69, 9.17) is 15.9 Å². The normalized spacial score (nSPS) is 11.3. The van der Waals surface area contributed by atoms with Crippen molar-refractivity contribution in [2.45, 2.75) is 12.5 Å². The fourth-order valence-corrected chi connectivity index (χ4v) is 1.14. The molecular formula is C11H15FN2O3. The van der Waals surface area contributed by atoms with Gasteiger partial charge >= 0.3 is 0 Å². The molecule has 5 nitrogen and oxygen atoms in total. The highest BCUT2D eigenvalue weighted by Crippen LogP contribution is 2.13. The maximum absolute atomic E-state index is 13.1. The molecule has 0 saturated carbocycles. The quantitative estimate of drug-likeness (QED) is 0.553. The molecule has 0 aliphatic rings. The van der Waals surface area contributed by atoms with Crippen LogP contribution in [-0.4, -0.2) is 34.9 Å². The lowest BCUT2D eigenvalue weighted by atomic mass is 10.0. The fraction of sp³-hybridized carbons (Fsp3) is 0.364. The fourth-order valence-electron chi connectivity index (χ4n) is 1.14. The molecule has 0 fully saturated rings. The molecule has 17 heavy (non-hydrogen) atoms. The highest BCUT2D eigenvalue weighted by molar-refractivity contribution is 5.95. The largest absolute Gasteiger partial charge is 0.396 e. The second kappa shape index (κ2) is 5.11. The number of nitrogens with two attached hydrogens (primary N) is 1.